The molecule has 0 aliphatic heterocycles. The van der Waals surface area contributed by atoms with Crippen molar-refractivity contribution in [3.05, 3.63) is 45.6 Å². The Bertz CT molecular complexity index is 604. The van der Waals surface area contributed by atoms with Crippen molar-refractivity contribution in [2.24, 2.45) is 0 Å². The summed E-state index contributed by atoms with van der Waals surface area (Å²) in [6, 6.07) is 8.68. The smallest absolute Gasteiger partial charge is 0.169 e. The molecule has 0 aliphatic carbocycles. The molecular formula is C12H10BrClFN3. The van der Waals surface area contributed by atoms with Gasteiger partial charge in [-0.2, -0.15) is 0 Å². The van der Waals surface area contributed by atoms with Crippen molar-refractivity contribution in [2.45, 2.75) is 0 Å². The molecule has 6 heteroatoms. The van der Waals surface area contributed by atoms with Gasteiger partial charge in [0.15, 0.2) is 5.82 Å². The summed E-state index contributed by atoms with van der Waals surface area (Å²) in [7, 11) is 0. The molecule has 0 aromatic heterocycles. The Balaban J connectivity index is 2.44. The van der Waals surface area contributed by atoms with Crippen LogP contribution in [0.15, 0.2) is 34.8 Å². The van der Waals surface area contributed by atoms with Gasteiger partial charge in [-0.05, 0) is 24.3 Å². The third kappa shape index (κ3) is 2.52. The lowest BCUT2D eigenvalue weighted by Gasteiger charge is -2.13. The molecule has 0 amide bonds. The summed E-state index contributed by atoms with van der Waals surface area (Å²) in [5.74, 6) is -0.658. The summed E-state index contributed by atoms with van der Waals surface area (Å²) in [5.41, 5.74) is 12.4. The van der Waals surface area contributed by atoms with Crippen LogP contribution in [0.4, 0.5) is 27.1 Å². The minimum atomic E-state index is -0.658. The number of benzene rings is 2. The second-order valence-electron chi connectivity index (χ2n) is 3.69. The fraction of sp³-hybridized carbons (Fsp3) is 0. The number of nitrogens with one attached hydrogen (secondary N) is 1. The SMILES string of the molecule is Nc1cc(N)c(Nc2cccc(Br)c2)c(F)c1Cl. The molecule has 2 aromatic rings. The van der Waals surface area contributed by atoms with Crippen molar-refractivity contribution in [3.8, 4) is 0 Å². The number of rotatable bonds is 2. The highest BCUT2D eigenvalue weighted by molar-refractivity contribution is 9.10. The topological polar surface area (TPSA) is 64.1 Å². The molecule has 0 unspecified atom stereocenters. The van der Waals surface area contributed by atoms with Crippen molar-refractivity contribution in [3.63, 3.8) is 0 Å². The molecule has 0 atom stereocenters. The molecule has 0 aliphatic rings. The largest absolute Gasteiger partial charge is 0.397 e. The van der Waals surface area contributed by atoms with Crippen LogP contribution in [0, 0.1) is 5.82 Å². The first-order valence-electron chi connectivity index (χ1n) is 5.04. The van der Waals surface area contributed by atoms with Crippen LogP contribution in [-0.2, 0) is 0 Å². The zero-order chi connectivity index (χ0) is 13.3. The molecule has 3 nitrogen and oxygen atoms in total. The van der Waals surface area contributed by atoms with E-state index in [2.05, 4.69) is 21.2 Å². The molecule has 0 saturated carbocycles. The Labute approximate surface area is 117 Å². The zero-order valence-corrected chi connectivity index (χ0v) is 11.5. The fourth-order valence-electron chi connectivity index (χ4n) is 1.50. The zero-order valence-electron chi connectivity index (χ0n) is 9.18. The van der Waals surface area contributed by atoms with E-state index in [4.69, 9.17) is 23.1 Å². The van der Waals surface area contributed by atoms with Gasteiger partial charge in [-0.25, -0.2) is 4.39 Å². The number of hydrogen-bond donors (Lipinski definition) is 3. The first kappa shape index (κ1) is 13.0. The van der Waals surface area contributed by atoms with Crippen LogP contribution in [0.25, 0.3) is 0 Å². The van der Waals surface area contributed by atoms with Gasteiger partial charge in [-0.15, -0.1) is 0 Å². The molecule has 0 fully saturated rings. The van der Waals surface area contributed by atoms with E-state index in [1.54, 1.807) is 12.1 Å². The second kappa shape index (κ2) is 5.04. The van der Waals surface area contributed by atoms with Crippen molar-refractivity contribution < 1.29 is 4.39 Å². The average molecular weight is 331 g/mol. The third-order valence-electron chi connectivity index (χ3n) is 2.36. The summed E-state index contributed by atoms with van der Waals surface area (Å²) in [6.45, 7) is 0. The fourth-order valence-corrected chi connectivity index (χ4v) is 2.05. The maximum atomic E-state index is 13.9. The third-order valence-corrected chi connectivity index (χ3v) is 3.24. The Morgan fingerprint density at radius 1 is 1.17 bits per heavy atom. The molecule has 5 N–H and O–H groups in total. The Kier molecular flexibility index (Phi) is 3.63. The molecule has 0 radical (unpaired) electrons. The molecule has 0 saturated heterocycles. The predicted molar refractivity (Wildman–Crippen MR) is 77.7 cm³/mol. The minimum Gasteiger partial charge on any atom is -0.397 e. The van der Waals surface area contributed by atoms with E-state index in [1.807, 2.05) is 12.1 Å². The first-order valence-corrected chi connectivity index (χ1v) is 6.21. The lowest BCUT2D eigenvalue weighted by atomic mass is 10.2. The second-order valence-corrected chi connectivity index (χ2v) is 4.99. The number of halogens is 3. The Hall–Kier alpha value is -1.46. The van der Waals surface area contributed by atoms with Crippen molar-refractivity contribution in [1.29, 1.82) is 0 Å². The number of hydrogen-bond acceptors (Lipinski definition) is 3. The van der Waals surface area contributed by atoms with E-state index in [9.17, 15) is 4.39 Å². The molecule has 0 bridgehead atoms. The number of anilines is 4. The predicted octanol–water partition coefficient (Wildman–Crippen LogP) is 4.15. The van der Waals surface area contributed by atoms with Crippen LogP contribution in [-0.4, -0.2) is 0 Å². The van der Waals surface area contributed by atoms with Crippen LogP contribution in [0.2, 0.25) is 5.02 Å². The summed E-state index contributed by atoms with van der Waals surface area (Å²) in [6.07, 6.45) is 0. The molecule has 94 valence electrons. The monoisotopic (exact) mass is 329 g/mol. The van der Waals surface area contributed by atoms with Crippen LogP contribution in [0.1, 0.15) is 0 Å². The molecular weight excluding hydrogens is 321 g/mol. The standard InChI is InChI=1S/C12H10BrClFN3/c13-6-2-1-3-7(4-6)18-12-9(17)5-8(16)10(14)11(12)15/h1-5,18H,16-17H2. The van der Waals surface area contributed by atoms with Crippen LogP contribution in [0.3, 0.4) is 0 Å². The van der Waals surface area contributed by atoms with E-state index in [1.165, 1.54) is 6.07 Å². The van der Waals surface area contributed by atoms with E-state index in [0.29, 0.717) is 5.69 Å². The molecule has 18 heavy (non-hydrogen) atoms. The Morgan fingerprint density at radius 3 is 2.56 bits per heavy atom. The summed E-state index contributed by atoms with van der Waals surface area (Å²) >= 11 is 9.08. The highest BCUT2D eigenvalue weighted by Crippen LogP contribution is 2.35. The van der Waals surface area contributed by atoms with Gasteiger partial charge in [-0.3, -0.25) is 0 Å². The Morgan fingerprint density at radius 2 is 1.89 bits per heavy atom. The van der Waals surface area contributed by atoms with Gasteiger partial charge in [0.2, 0.25) is 0 Å². The maximum Gasteiger partial charge on any atom is 0.169 e. The summed E-state index contributed by atoms with van der Waals surface area (Å²) in [4.78, 5) is 0. The van der Waals surface area contributed by atoms with Crippen molar-refractivity contribution in [2.75, 3.05) is 16.8 Å². The number of nitrogen functional groups attached to an aromatic ring is 2. The summed E-state index contributed by atoms with van der Waals surface area (Å²) in [5, 5.41) is 2.74. The average Bonchev–Trinajstić information content (AvgIpc) is 2.32. The van der Waals surface area contributed by atoms with E-state index < -0.39 is 5.82 Å². The van der Waals surface area contributed by atoms with Gasteiger partial charge in [-0.1, -0.05) is 33.6 Å². The highest BCUT2D eigenvalue weighted by Gasteiger charge is 2.14. The minimum absolute atomic E-state index is 0.117. The van der Waals surface area contributed by atoms with Crippen molar-refractivity contribution in [1.82, 2.24) is 0 Å². The van der Waals surface area contributed by atoms with Crippen LogP contribution < -0.4 is 16.8 Å². The van der Waals surface area contributed by atoms with Gasteiger partial charge >= 0.3 is 0 Å². The molecule has 0 spiro atoms. The van der Waals surface area contributed by atoms with Gasteiger partial charge in [0.1, 0.15) is 5.02 Å². The lowest BCUT2D eigenvalue weighted by Crippen LogP contribution is -2.02. The molecule has 2 rings (SSSR count). The normalized spacial score (nSPS) is 10.4. The first-order chi connectivity index (χ1) is 8.49. The molecule has 0 heterocycles. The number of nitrogens with two attached hydrogens (primary N) is 2. The van der Waals surface area contributed by atoms with Gasteiger partial charge < -0.3 is 16.8 Å². The van der Waals surface area contributed by atoms with E-state index in [-0.39, 0.29) is 22.1 Å². The van der Waals surface area contributed by atoms with Gasteiger partial charge in [0.05, 0.1) is 17.1 Å². The maximum absolute atomic E-state index is 13.9. The lowest BCUT2D eigenvalue weighted by molar-refractivity contribution is 0.633. The van der Waals surface area contributed by atoms with Crippen LogP contribution >= 0.6 is 27.5 Å². The van der Waals surface area contributed by atoms with Gasteiger partial charge in [0.25, 0.3) is 0 Å². The van der Waals surface area contributed by atoms with Crippen molar-refractivity contribution >= 4 is 50.3 Å². The van der Waals surface area contributed by atoms with Gasteiger partial charge in [0, 0.05) is 10.2 Å². The molecule has 2 aromatic carbocycles. The quantitative estimate of drug-likeness (QED) is 0.725. The van der Waals surface area contributed by atoms with Crippen LogP contribution in [0.5, 0.6) is 0 Å². The summed E-state index contributed by atoms with van der Waals surface area (Å²) < 4.78 is 14.8. The van der Waals surface area contributed by atoms with E-state index >= 15 is 0 Å². The van der Waals surface area contributed by atoms with E-state index in [0.717, 1.165) is 4.47 Å². The highest BCUT2D eigenvalue weighted by atomic mass is 79.9.